The van der Waals surface area contributed by atoms with Gasteiger partial charge in [0.1, 0.15) is 0 Å². The molecule has 1 aromatic rings. The maximum Gasteiger partial charge on any atom is 0.0595 e. The lowest BCUT2D eigenvalue weighted by Gasteiger charge is -2.23. The van der Waals surface area contributed by atoms with Gasteiger partial charge in [-0.05, 0) is 36.5 Å². The van der Waals surface area contributed by atoms with Crippen molar-refractivity contribution in [3.8, 4) is 0 Å². The van der Waals surface area contributed by atoms with E-state index in [9.17, 15) is 0 Å². The van der Waals surface area contributed by atoms with Gasteiger partial charge in [0.2, 0.25) is 0 Å². The van der Waals surface area contributed by atoms with E-state index in [4.69, 9.17) is 33.8 Å². The summed E-state index contributed by atoms with van der Waals surface area (Å²) in [5.41, 5.74) is 3.98. The Bertz CT molecular complexity index is 374. The fourth-order valence-electron chi connectivity index (χ4n) is 1.85. The second-order valence-electron chi connectivity index (χ2n) is 4.48. The minimum Gasteiger partial charge on any atom is -0.385 e. The van der Waals surface area contributed by atoms with Crippen LogP contribution in [0.2, 0.25) is 10.0 Å². The Labute approximate surface area is 119 Å². The topological polar surface area (TPSA) is 47.3 Å². The van der Waals surface area contributed by atoms with Gasteiger partial charge >= 0.3 is 0 Å². The second kappa shape index (κ2) is 7.97. The third kappa shape index (κ3) is 4.75. The predicted molar refractivity (Wildman–Crippen MR) is 76.9 cm³/mol. The average molecular weight is 291 g/mol. The van der Waals surface area contributed by atoms with Crippen LogP contribution >= 0.6 is 23.2 Å². The number of hydrogen-bond acceptors (Lipinski definition) is 3. The zero-order valence-electron chi connectivity index (χ0n) is 10.7. The smallest absolute Gasteiger partial charge is 0.0595 e. The van der Waals surface area contributed by atoms with Crippen molar-refractivity contribution in [2.45, 2.75) is 25.8 Å². The molecule has 2 unspecified atom stereocenters. The third-order valence-corrected chi connectivity index (χ3v) is 3.86. The van der Waals surface area contributed by atoms with Crippen LogP contribution in [0.25, 0.3) is 0 Å². The highest BCUT2D eigenvalue weighted by Gasteiger charge is 2.16. The summed E-state index contributed by atoms with van der Waals surface area (Å²) in [4.78, 5) is 0. The predicted octanol–water partition coefficient (Wildman–Crippen LogP) is 3.04. The molecule has 0 saturated heterocycles. The van der Waals surface area contributed by atoms with Crippen molar-refractivity contribution in [3.63, 3.8) is 0 Å². The molecule has 3 nitrogen and oxygen atoms in total. The van der Waals surface area contributed by atoms with E-state index in [0.717, 1.165) is 25.0 Å². The van der Waals surface area contributed by atoms with Gasteiger partial charge in [-0.15, -0.1) is 0 Å². The molecule has 0 heterocycles. The molecule has 0 aliphatic heterocycles. The summed E-state index contributed by atoms with van der Waals surface area (Å²) in [6.45, 7) is 2.89. The maximum atomic E-state index is 6.00. The molecular weight excluding hydrogens is 271 g/mol. The molecule has 5 heteroatoms. The first-order valence-corrected chi connectivity index (χ1v) is 6.73. The third-order valence-electron chi connectivity index (χ3n) is 3.12. The van der Waals surface area contributed by atoms with Gasteiger partial charge in [-0.3, -0.25) is 11.3 Å². The van der Waals surface area contributed by atoms with E-state index in [-0.39, 0.29) is 6.04 Å². The first kappa shape index (κ1) is 15.7. The minimum absolute atomic E-state index is 0.192. The van der Waals surface area contributed by atoms with Gasteiger partial charge < -0.3 is 4.74 Å². The molecule has 0 amide bonds. The molecule has 2 atom stereocenters. The highest BCUT2D eigenvalue weighted by atomic mass is 35.5. The zero-order chi connectivity index (χ0) is 13.5. The quantitative estimate of drug-likeness (QED) is 0.599. The standard InChI is InChI=1S/C13H20Cl2N2O/c1-9(5-6-18-2)13(17-16)8-10-3-4-11(14)12(15)7-10/h3-4,7,9,13,17H,5-6,8,16H2,1-2H3. The number of hydrogen-bond donors (Lipinski definition) is 2. The van der Waals surface area contributed by atoms with Crippen LogP contribution in [0.1, 0.15) is 18.9 Å². The molecule has 3 N–H and O–H groups in total. The average Bonchev–Trinajstić information content (AvgIpc) is 2.37. The summed E-state index contributed by atoms with van der Waals surface area (Å²) >= 11 is 11.9. The SMILES string of the molecule is COCCC(C)C(Cc1ccc(Cl)c(Cl)c1)NN. The number of ether oxygens (including phenoxy) is 1. The molecular formula is C13H20Cl2N2O. The Kier molecular flexibility index (Phi) is 6.97. The van der Waals surface area contributed by atoms with Crippen molar-refractivity contribution >= 4 is 23.2 Å². The van der Waals surface area contributed by atoms with Crippen molar-refractivity contribution in [2.24, 2.45) is 11.8 Å². The normalized spacial score (nSPS) is 14.5. The highest BCUT2D eigenvalue weighted by Crippen LogP contribution is 2.24. The summed E-state index contributed by atoms with van der Waals surface area (Å²) in [5, 5.41) is 1.15. The van der Waals surface area contributed by atoms with Crippen LogP contribution in [0.3, 0.4) is 0 Å². The molecule has 0 aliphatic rings. The number of hydrazine groups is 1. The van der Waals surface area contributed by atoms with Gasteiger partial charge in [0.15, 0.2) is 0 Å². The van der Waals surface area contributed by atoms with Crippen LogP contribution in [-0.4, -0.2) is 19.8 Å². The van der Waals surface area contributed by atoms with Gasteiger partial charge in [-0.2, -0.15) is 0 Å². The van der Waals surface area contributed by atoms with Crippen LogP contribution in [0.15, 0.2) is 18.2 Å². The number of rotatable bonds is 7. The molecule has 1 aromatic carbocycles. The Morgan fingerprint density at radius 1 is 1.33 bits per heavy atom. The Morgan fingerprint density at radius 3 is 2.61 bits per heavy atom. The highest BCUT2D eigenvalue weighted by molar-refractivity contribution is 6.42. The summed E-state index contributed by atoms with van der Waals surface area (Å²) < 4.78 is 5.09. The molecule has 0 fully saturated rings. The summed E-state index contributed by atoms with van der Waals surface area (Å²) in [6.07, 6.45) is 1.78. The van der Waals surface area contributed by atoms with E-state index in [2.05, 4.69) is 12.3 Å². The van der Waals surface area contributed by atoms with Crippen LogP contribution in [0.5, 0.6) is 0 Å². The minimum atomic E-state index is 0.192. The second-order valence-corrected chi connectivity index (χ2v) is 5.30. The summed E-state index contributed by atoms with van der Waals surface area (Å²) in [5.74, 6) is 6.03. The van der Waals surface area contributed by atoms with E-state index in [1.807, 2.05) is 18.2 Å². The van der Waals surface area contributed by atoms with Crippen LogP contribution < -0.4 is 11.3 Å². The number of nitrogens with one attached hydrogen (secondary N) is 1. The monoisotopic (exact) mass is 290 g/mol. The lowest BCUT2D eigenvalue weighted by molar-refractivity contribution is 0.170. The van der Waals surface area contributed by atoms with E-state index >= 15 is 0 Å². The van der Waals surface area contributed by atoms with Crippen molar-refractivity contribution < 1.29 is 4.74 Å². The molecule has 0 aliphatic carbocycles. The van der Waals surface area contributed by atoms with Crippen molar-refractivity contribution in [2.75, 3.05) is 13.7 Å². The Hall–Kier alpha value is -0.320. The Morgan fingerprint density at radius 2 is 2.06 bits per heavy atom. The maximum absolute atomic E-state index is 6.00. The van der Waals surface area contributed by atoms with Gasteiger partial charge in [-0.25, -0.2) is 0 Å². The fraction of sp³-hybridized carbons (Fsp3) is 0.538. The number of methoxy groups -OCH3 is 1. The first-order valence-electron chi connectivity index (χ1n) is 5.97. The molecule has 0 spiro atoms. The number of halogens is 2. The lowest BCUT2D eigenvalue weighted by Crippen LogP contribution is -2.41. The summed E-state index contributed by atoms with van der Waals surface area (Å²) in [6, 6.07) is 5.86. The van der Waals surface area contributed by atoms with E-state index < -0.39 is 0 Å². The van der Waals surface area contributed by atoms with Gasteiger partial charge in [0, 0.05) is 19.8 Å². The first-order chi connectivity index (χ1) is 8.58. The number of benzene rings is 1. The molecule has 0 aromatic heterocycles. The Balaban J connectivity index is 2.64. The summed E-state index contributed by atoms with van der Waals surface area (Å²) in [7, 11) is 1.70. The molecule has 18 heavy (non-hydrogen) atoms. The zero-order valence-corrected chi connectivity index (χ0v) is 12.3. The molecule has 0 radical (unpaired) electrons. The van der Waals surface area contributed by atoms with E-state index in [1.165, 1.54) is 0 Å². The van der Waals surface area contributed by atoms with Gasteiger partial charge in [0.25, 0.3) is 0 Å². The van der Waals surface area contributed by atoms with E-state index in [0.29, 0.717) is 16.0 Å². The van der Waals surface area contributed by atoms with Crippen LogP contribution in [-0.2, 0) is 11.2 Å². The molecule has 102 valence electrons. The fourth-order valence-corrected chi connectivity index (χ4v) is 2.17. The molecule has 1 rings (SSSR count). The van der Waals surface area contributed by atoms with Gasteiger partial charge in [0.05, 0.1) is 10.0 Å². The van der Waals surface area contributed by atoms with Crippen LogP contribution in [0, 0.1) is 5.92 Å². The molecule has 0 saturated carbocycles. The lowest BCUT2D eigenvalue weighted by atomic mass is 9.93. The molecule has 0 bridgehead atoms. The van der Waals surface area contributed by atoms with Crippen LogP contribution in [0.4, 0.5) is 0 Å². The van der Waals surface area contributed by atoms with Crippen molar-refractivity contribution in [3.05, 3.63) is 33.8 Å². The largest absolute Gasteiger partial charge is 0.385 e. The van der Waals surface area contributed by atoms with E-state index in [1.54, 1.807) is 7.11 Å². The van der Waals surface area contributed by atoms with Crippen molar-refractivity contribution in [1.82, 2.24) is 5.43 Å². The van der Waals surface area contributed by atoms with Crippen molar-refractivity contribution in [1.29, 1.82) is 0 Å². The number of nitrogens with two attached hydrogens (primary N) is 1. The van der Waals surface area contributed by atoms with Gasteiger partial charge in [-0.1, -0.05) is 36.2 Å².